The maximum atomic E-state index is 12.0. The molecule has 104 valence electrons. The molecule has 2 atom stereocenters. The number of benzene rings is 1. The van der Waals surface area contributed by atoms with E-state index in [4.69, 9.17) is 11.6 Å². The predicted molar refractivity (Wildman–Crippen MR) is 78.6 cm³/mol. The molecule has 1 heterocycles. The van der Waals surface area contributed by atoms with Crippen LogP contribution in [0.3, 0.4) is 0 Å². The summed E-state index contributed by atoms with van der Waals surface area (Å²) in [5.41, 5.74) is 0.783. The maximum Gasteiger partial charge on any atom is 0.238 e. The van der Waals surface area contributed by atoms with E-state index in [1.54, 1.807) is 12.1 Å². The maximum absolute atomic E-state index is 12.0. The summed E-state index contributed by atoms with van der Waals surface area (Å²) < 4.78 is 0. The van der Waals surface area contributed by atoms with Crippen molar-refractivity contribution in [3.63, 3.8) is 0 Å². The third kappa shape index (κ3) is 4.49. The fourth-order valence-electron chi connectivity index (χ4n) is 2.51. The van der Waals surface area contributed by atoms with Gasteiger partial charge in [0.05, 0.1) is 6.54 Å². The first-order chi connectivity index (χ1) is 9.02. The van der Waals surface area contributed by atoms with Crippen molar-refractivity contribution in [3.05, 3.63) is 29.3 Å². The molecule has 1 saturated heterocycles. The van der Waals surface area contributed by atoms with Crippen molar-refractivity contribution < 1.29 is 4.79 Å². The Kier molecular flexibility index (Phi) is 4.80. The van der Waals surface area contributed by atoms with Crippen molar-refractivity contribution in [2.45, 2.75) is 25.9 Å². The number of carbonyl (C=O) groups excluding carboxylic acids is 1. The van der Waals surface area contributed by atoms with Crippen LogP contribution in [0.1, 0.15) is 13.8 Å². The van der Waals surface area contributed by atoms with Gasteiger partial charge in [-0.1, -0.05) is 11.6 Å². The van der Waals surface area contributed by atoms with E-state index in [2.05, 4.69) is 29.4 Å². The number of hydrogen-bond acceptors (Lipinski definition) is 3. The van der Waals surface area contributed by atoms with E-state index < -0.39 is 0 Å². The fourth-order valence-corrected chi connectivity index (χ4v) is 2.63. The van der Waals surface area contributed by atoms with E-state index in [-0.39, 0.29) is 5.91 Å². The number of nitrogens with one attached hydrogen (secondary N) is 2. The fraction of sp³-hybridized carbons (Fsp3) is 0.500. The Morgan fingerprint density at radius 2 is 1.89 bits per heavy atom. The van der Waals surface area contributed by atoms with Gasteiger partial charge in [0.15, 0.2) is 0 Å². The van der Waals surface area contributed by atoms with E-state index in [1.807, 2.05) is 12.1 Å². The number of hydrogen-bond donors (Lipinski definition) is 2. The molecule has 2 rings (SSSR count). The first-order valence-corrected chi connectivity index (χ1v) is 6.94. The molecule has 1 fully saturated rings. The molecule has 0 saturated carbocycles. The molecule has 1 amide bonds. The van der Waals surface area contributed by atoms with Gasteiger partial charge in [0.1, 0.15) is 0 Å². The zero-order chi connectivity index (χ0) is 13.8. The molecule has 0 aliphatic carbocycles. The third-order valence-corrected chi connectivity index (χ3v) is 3.38. The van der Waals surface area contributed by atoms with E-state index in [1.165, 1.54) is 0 Å². The van der Waals surface area contributed by atoms with Crippen LogP contribution in [0.4, 0.5) is 5.69 Å². The summed E-state index contributed by atoms with van der Waals surface area (Å²) in [6, 6.07) is 8.00. The number of carbonyl (C=O) groups is 1. The molecule has 0 bridgehead atoms. The Balaban J connectivity index is 1.85. The van der Waals surface area contributed by atoms with Gasteiger partial charge in [-0.15, -0.1) is 0 Å². The minimum absolute atomic E-state index is 0.0172. The minimum atomic E-state index is 0.0172. The van der Waals surface area contributed by atoms with Crippen molar-refractivity contribution in [2.24, 2.45) is 0 Å². The Morgan fingerprint density at radius 1 is 1.32 bits per heavy atom. The minimum Gasteiger partial charge on any atom is -0.325 e. The van der Waals surface area contributed by atoms with Gasteiger partial charge < -0.3 is 10.6 Å². The molecule has 0 aromatic heterocycles. The summed E-state index contributed by atoms with van der Waals surface area (Å²) in [7, 11) is 0. The monoisotopic (exact) mass is 281 g/mol. The highest BCUT2D eigenvalue weighted by Crippen LogP contribution is 2.13. The first-order valence-electron chi connectivity index (χ1n) is 6.57. The molecule has 0 spiro atoms. The number of halogens is 1. The van der Waals surface area contributed by atoms with Gasteiger partial charge in [-0.05, 0) is 38.1 Å². The Morgan fingerprint density at radius 3 is 2.47 bits per heavy atom. The van der Waals surface area contributed by atoms with Gasteiger partial charge in [-0.25, -0.2) is 0 Å². The largest absolute Gasteiger partial charge is 0.325 e. The zero-order valence-electron chi connectivity index (χ0n) is 11.3. The van der Waals surface area contributed by atoms with E-state index >= 15 is 0 Å². The van der Waals surface area contributed by atoms with Gasteiger partial charge in [0, 0.05) is 35.9 Å². The van der Waals surface area contributed by atoms with Crippen LogP contribution in [0.2, 0.25) is 5.02 Å². The normalized spacial score (nSPS) is 24.2. The second kappa shape index (κ2) is 6.37. The molecule has 1 aromatic rings. The van der Waals surface area contributed by atoms with Crippen LogP contribution in [0, 0.1) is 0 Å². The van der Waals surface area contributed by atoms with Crippen LogP contribution in [0.5, 0.6) is 0 Å². The lowest BCUT2D eigenvalue weighted by Gasteiger charge is -2.35. The number of rotatable bonds is 3. The molecule has 0 radical (unpaired) electrons. The number of amides is 1. The molecule has 1 aliphatic rings. The van der Waals surface area contributed by atoms with Crippen LogP contribution in [0.15, 0.2) is 24.3 Å². The van der Waals surface area contributed by atoms with Crippen molar-refractivity contribution in [2.75, 3.05) is 25.0 Å². The van der Waals surface area contributed by atoms with Crippen LogP contribution in [0.25, 0.3) is 0 Å². The average Bonchev–Trinajstić information content (AvgIpc) is 2.30. The third-order valence-electron chi connectivity index (χ3n) is 3.13. The zero-order valence-corrected chi connectivity index (χ0v) is 12.1. The van der Waals surface area contributed by atoms with Crippen molar-refractivity contribution in [1.29, 1.82) is 0 Å². The molecule has 5 heteroatoms. The topological polar surface area (TPSA) is 44.4 Å². The molecule has 19 heavy (non-hydrogen) atoms. The summed E-state index contributed by atoms with van der Waals surface area (Å²) in [6.45, 7) is 6.51. The highest BCUT2D eigenvalue weighted by molar-refractivity contribution is 6.30. The van der Waals surface area contributed by atoms with Gasteiger partial charge >= 0.3 is 0 Å². The van der Waals surface area contributed by atoms with Gasteiger partial charge in [-0.3, -0.25) is 9.69 Å². The van der Waals surface area contributed by atoms with Crippen molar-refractivity contribution >= 4 is 23.2 Å². The molecule has 4 nitrogen and oxygen atoms in total. The molecule has 1 aromatic carbocycles. The number of nitrogens with zero attached hydrogens (tertiary/aromatic N) is 1. The smallest absolute Gasteiger partial charge is 0.238 e. The summed E-state index contributed by atoms with van der Waals surface area (Å²) >= 11 is 5.81. The van der Waals surface area contributed by atoms with Gasteiger partial charge in [0.25, 0.3) is 0 Å². The second-order valence-corrected chi connectivity index (χ2v) is 5.65. The summed E-state index contributed by atoms with van der Waals surface area (Å²) in [5.74, 6) is 0.0172. The quantitative estimate of drug-likeness (QED) is 0.890. The highest BCUT2D eigenvalue weighted by Gasteiger charge is 2.22. The predicted octanol–water partition coefficient (Wildman–Crippen LogP) is 1.96. The van der Waals surface area contributed by atoms with E-state index in [0.29, 0.717) is 23.7 Å². The lowest BCUT2D eigenvalue weighted by Crippen LogP contribution is -2.55. The summed E-state index contributed by atoms with van der Waals surface area (Å²) in [4.78, 5) is 14.2. The highest BCUT2D eigenvalue weighted by atomic mass is 35.5. The molecule has 2 N–H and O–H groups in total. The first kappa shape index (κ1) is 14.3. The number of anilines is 1. The summed E-state index contributed by atoms with van der Waals surface area (Å²) in [6.07, 6.45) is 0. The van der Waals surface area contributed by atoms with Gasteiger partial charge in [-0.2, -0.15) is 0 Å². The Hall–Kier alpha value is -1.10. The molecular weight excluding hydrogens is 262 g/mol. The van der Waals surface area contributed by atoms with Crippen molar-refractivity contribution in [1.82, 2.24) is 10.2 Å². The Labute approximate surface area is 119 Å². The standard InChI is InChI=1S/C14H20ClN3O/c1-10-7-18(8-11(2)16-10)9-14(19)17-13-5-3-12(15)4-6-13/h3-6,10-11,16H,7-9H2,1-2H3,(H,17,19). The second-order valence-electron chi connectivity index (χ2n) is 5.22. The van der Waals surface area contributed by atoms with Crippen LogP contribution in [-0.2, 0) is 4.79 Å². The lowest BCUT2D eigenvalue weighted by atomic mass is 10.1. The van der Waals surface area contributed by atoms with Gasteiger partial charge in [0.2, 0.25) is 5.91 Å². The van der Waals surface area contributed by atoms with Crippen molar-refractivity contribution in [3.8, 4) is 0 Å². The summed E-state index contributed by atoms with van der Waals surface area (Å²) in [5, 5.41) is 7.01. The lowest BCUT2D eigenvalue weighted by molar-refractivity contribution is -0.117. The van der Waals surface area contributed by atoms with Crippen LogP contribution in [-0.4, -0.2) is 42.5 Å². The van der Waals surface area contributed by atoms with E-state index in [0.717, 1.165) is 18.8 Å². The molecular formula is C14H20ClN3O. The van der Waals surface area contributed by atoms with E-state index in [9.17, 15) is 4.79 Å². The SMILES string of the molecule is CC1CN(CC(=O)Nc2ccc(Cl)cc2)CC(C)N1. The van der Waals surface area contributed by atoms with Crippen LogP contribution >= 0.6 is 11.6 Å². The average molecular weight is 282 g/mol. The Bertz CT molecular complexity index is 425. The molecule has 2 unspecified atom stereocenters. The van der Waals surface area contributed by atoms with Crippen LogP contribution < -0.4 is 10.6 Å². The molecule has 1 aliphatic heterocycles. The number of piperazine rings is 1.